The van der Waals surface area contributed by atoms with Crippen LogP contribution in [0.15, 0.2) is 24.3 Å². The zero-order valence-corrected chi connectivity index (χ0v) is 17.6. The van der Waals surface area contributed by atoms with E-state index in [-0.39, 0.29) is 35.5 Å². The number of carbonyl (C=O) groups excluding carboxylic acids is 3. The highest BCUT2D eigenvalue weighted by Gasteiger charge is 2.47. The predicted octanol–water partition coefficient (Wildman–Crippen LogP) is 3.19. The van der Waals surface area contributed by atoms with E-state index in [2.05, 4.69) is 0 Å². The largest absolute Gasteiger partial charge is 0.466 e. The normalized spacial score (nSPS) is 18.4. The number of carbonyl (C=O) groups is 3. The standard InChI is InChI=1S/C20H25ClN2O4S/c1-2-27-18(25)7-6-17(24)22-10-8-20(9-11-22)23(12-13-28-20)19(26)15-4-3-5-16(21)14-15/h3-5,14H,2,6-13H2,1H3. The van der Waals surface area contributed by atoms with Gasteiger partial charge in [-0.05, 0) is 38.0 Å². The van der Waals surface area contributed by atoms with Gasteiger partial charge in [-0.15, -0.1) is 11.8 Å². The lowest BCUT2D eigenvalue weighted by Crippen LogP contribution is -2.53. The van der Waals surface area contributed by atoms with Crippen molar-refractivity contribution in [3.05, 3.63) is 34.9 Å². The molecule has 28 heavy (non-hydrogen) atoms. The van der Waals surface area contributed by atoms with Crippen LogP contribution in [0.4, 0.5) is 0 Å². The van der Waals surface area contributed by atoms with Crippen LogP contribution in [-0.2, 0) is 14.3 Å². The van der Waals surface area contributed by atoms with Crippen LogP contribution < -0.4 is 0 Å². The molecule has 2 amide bonds. The van der Waals surface area contributed by atoms with Gasteiger partial charge in [-0.2, -0.15) is 0 Å². The maximum Gasteiger partial charge on any atom is 0.306 e. The van der Waals surface area contributed by atoms with Crippen molar-refractivity contribution < 1.29 is 19.1 Å². The number of halogens is 1. The van der Waals surface area contributed by atoms with E-state index in [0.29, 0.717) is 36.8 Å². The van der Waals surface area contributed by atoms with E-state index in [1.54, 1.807) is 47.9 Å². The molecule has 1 aromatic rings. The Labute approximate surface area is 174 Å². The van der Waals surface area contributed by atoms with Gasteiger partial charge in [-0.3, -0.25) is 14.4 Å². The quantitative estimate of drug-likeness (QED) is 0.679. The van der Waals surface area contributed by atoms with Crippen molar-refractivity contribution in [2.24, 2.45) is 0 Å². The molecule has 2 fully saturated rings. The van der Waals surface area contributed by atoms with E-state index < -0.39 is 0 Å². The van der Waals surface area contributed by atoms with Crippen molar-refractivity contribution in [2.45, 2.75) is 37.5 Å². The number of thioether (sulfide) groups is 1. The van der Waals surface area contributed by atoms with Gasteiger partial charge in [0.15, 0.2) is 0 Å². The Balaban J connectivity index is 1.59. The van der Waals surface area contributed by atoms with Gasteiger partial charge in [0, 0.05) is 42.4 Å². The van der Waals surface area contributed by atoms with Crippen LogP contribution >= 0.6 is 23.4 Å². The van der Waals surface area contributed by atoms with E-state index in [4.69, 9.17) is 16.3 Å². The fourth-order valence-electron chi connectivity index (χ4n) is 3.79. The van der Waals surface area contributed by atoms with Crippen LogP contribution in [0.2, 0.25) is 5.02 Å². The summed E-state index contributed by atoms with van der Waals surface area (Å²) in [7, 11) is 0. The Morgan fingerprint density at radius 3 is 2.61 bits per heavy atom. The maximum atomic E-state index is 13.0. The summed E-state index contributed by atoms with van der Waals surface area (Å²) in [5.41, 5.74) is 0.599. The summed E-state index contributed by atoms with van der Waals surface area (Å²) in [6, 6.07) is 7.04. The number of hydrogen-bond acceptors (Lipinski definition) is 5. The van der Waals surface area contributed by atoms with E-state index in [0.717, 1.165) is 18.6 Å². The molecule has 1 spiro atoms. The zero-order valence-electron chi connectivity index (χ0n) is 16.0. The smallest absolute Gasteiger partial charge is 0.306 e. The summed E-state index contributed by atoms with van der Waals surface area (Å²) in [5, 5.41) is 0.550. The molecule has 0 bridgehead atoms. The number of piperidine rings is 1. The summed E-state index contributed by atoms with van der Waals surface area (Å²) in [5.74, 6) is 0.519. The molecule has 0 N–H and O–H groups in total. The first-order valence-corrected chi connectivity index (χ1v) is 11.0. The second kappa shape index (κ2) is 9.18. The number of amides is 2. The van der Waals surface area contributed by atoms with E-state index in [1.165, 1.54) is 0 Å². The Morgan fingerprint density at radius 1 is 1.18 bits per heavy atom. The average molecular weight is 425 g/mol. The molecule has 0 saturated carbocycles. The van der Waals surface area contributed by atoms with E-state index in [9.17, 15) is 14.4 Å². The fraction of sp³-hybridized carbons (Fsp3) is 0.550. The summed E-state index contributed by atoms with van der Waals surface area (Å²) in [6.45, 7) is 3.96. The first-order valence-electron chi connectivity index (χ1n) is 9.60. The van der Waals surface area contributed by atoms with Crippen molar-refractivity contribution in [2.75, 3.05) is 32.0 Å². The molecule has 2 heterocycles. The van der Waals surface area contributed by atoms with Gasteiger partial charge in [0.05, 0.1) is 17.9 Å². The third-order valence-electron chi connectivity index (χ3n) is 5.24. The van der Waals surface area contributed by atoms with Crippen molar-refractivity contribution in [3.63, 3.8) is 0 Å². The van der Waals surface area contributed by atoms with Gasteiger partial charge in [0.1, 0.15) is 0 Å². The average Bonchev–Trinajstić information content (AvgIpc) is 3.09. The number of nitrogens with zero attached hydrogens (tertiary/aromatic N) is 2. The van der Waals surface area contributed by atoms with Gasteiger partial charge >= 0.3 is 5.97 Å². The summed E-state index contributed by atoms with van der Waals surface area (Å²) in [4.78, 5) is 40.4. The molecule has 0 atom stereocenters. The third-order valence-corrected chi connectivity index (χ3v) is 7.03. The topological polar surface area (TPSA) is 66.9 Å². The Morgan fingerprint density at radius 2 is 1.93 bits per heavy atom. The van der Waals surface area contributed by atoms with Crippen LogP contribution in [0.5, 0.6) is 0 Å². The maximum absolute atomic E-state index is 13.0. The minimum Gasteiger partial charge on any atom is -0.466 e. The monoisotopic (exact) mass is 424 g/mol. The molecule has 2 saturated heterocycles. The Hall–Kier alpha value is -1.73. The Bertz CT molecular complexity index is 749. The molecular weight excluding hydrogens is 400 g/mol. The molecular formula is C20H25ClN2O4S. The lowest BCUT2D eigenvalue weighted by Gasteiger charge is -2.44. The van der Waals surface area contributed by atoms with Crippen LogP contribution in [0.25, 0.3) is 0 Å². The van der Waals surface area contributed by atoms with Crippen molar-refractivity contribution in [3.8, 4) is 0 Å². The molecule has 1 aromatic carbocycles. The highest BCUT2D eigenvalue weighted by atomic mass is 35.5. The minimum atomic E-state index is -0.339. The van der Waals surface area contributed by atoms with Gasteiger partial charge in [-0.1, -0.05) is 17.7 Å². The van der Waals surface area contributed by atoms with Gasteiger partial charge in [0.2, 0.25) is 5.91 Å². The number of rotatable bonds is 5. The molecule has 0 aliphatic carbocycles. The minimum absolute atomic E-state index is 0.00501. The van der Waals surface area contributed by atoms with Gasteiger partial charge < -0.3 is 14.5 Å². The predicted molar refractivity (Wildman–Crippen MR) is 109 cm³/mol. The molecule has 0 radical (unpaired) electrons. The summed E-state index contributed by atoms with van der Waals surface area (Å²) in [6.07, 6.45) is 1.75. The summed E-state index contributed by atoms with van der Waals surface area (Å²) >= 11 is 7.85. The van der Waals surface area contributed by atoms with E-state index in [1.807, 2.05) is 4.90 Å². The number of likely N-dealkylation sites (tertiary alicyclic amines) is 1. The summed E-state index contributed by atoms with van der Waals surface area (Å²) < 4.78 is 4.88. The molecule has 2 aliphatic rings. The zero-order chi connectivity index (χ0) is 20.1. The van der Waals surface area contributed by atoms with Gasteiger partial charge in [0.25, 0.3) is 5.91 Å². The SMILES string of the molecule is CCOC(=O)CCC(=O)N1CCC2(CC1)SCCN2C(=O)c1cccc(Cl)c1. The molecule has 152 valence electrons. The van der Waals surface area contributed by atoms with Crippen LogP contribution in [0, 0.1) is 0 Å². The molecule has 3 rings (SSSR count). The second-order valence-corrected chi connectivity index (χ2v) is 8.84. The number of hydrogen-bond donors (Lipinski definition) is 0. The highest BCUT2D eigenvalue weighted by molar-refractivity contribution is 8.00. The lowest BCUT2D eigenvalue weighted by atomic mass is 10.0. The first kappa shape index (κ1) is 21.0. The van der Waals surface area contributed by atoms with Crippen molar-refractivity contribution in [1.29, 1.82) is 0 Å². The fourth-order valence-corrected chi connectivity index (χ4v) is 5.44. The lowest BCUT2D eigenvalue weighted by molar-refractivity contribution is -0.146. The van der Waals surface area contributed by atoms with Crippen LogP contribution in [0.1, 0.15) is 43.0 Å². The molecule has 6 nitrogen and oxygen atoms in total. The molecule has 8 heteroatoms. The number of ether oxygens (including phenoxy) is 1. The number of benzene rings is 1. The van der Waals surface area contributed by atoms with Crippen LogP contribution in [-0.4, -0.2) is 64.4 Å². The highest BCUT2D eigenvalue weighted by Crippen LogP contribution is 2.44. The second-order valence-electron chi connectivity index (χ2n) is 6.95. The van der Waals surface area contributed by atoms with E-state index >= 15 is 0 Å². The van der Waals surface area contributed by atoms with Crippen molar-refractivity contribution >= 4 is 41.1 Å². The third kappa shape index (κ3) is 4.63. The molecule has 0 aromatic heterocycles. The molecule has 0 unspecified atom stereocenters. The van der Waals surface area contributed by atoms with Crippen LogP contribution in [0.3, 0.4) is 0 Å². The first-order chi connectivity index (χ1) is 13.4. The van der Waals surface area contributed by atoms with Gasteiger partial charge in [-0.25, -0.2) is 0 Å². The van der Waals surface area contributed by atoms with Crippen molar-refractivity contribution in [1.82, 2.24) is 9.80 Å². The molecule has 2 aliphatic heterocycles. The Kier molecular flexibility index (Phi) is 6.88. The number of esters is 1.